The van der Waals surface area contributed by atoms with Gasteiger partial charge >= 0.3 is 0 Å². The molecule has 1 heteroatoms. The minimum absolute atomic E-state index is 0.930. The van der Waals surface area contributed by atoms with E-state index in [9.17, 15) is 0 Å². The maximum atomic E-state index is 2.68. The second kappa shape index (κ2) is 11.1. The molecule has 17 heavy (non-hydrogen) atoms. The van der Waals surface area contributed by atoms with Crippen LogP contribution in [0.4, 0.5) is 0 Å². The van der Waals surface area contributed by atoms with Crippen molar-refractivity contribution in [3.63, 3.8) is 0 Å². The zero-order valence-corrected chi connectivity index (χ0v) is 13.0. The molecule has 0 N–H and O–H groups in total. The van der Waals surface area contributed by atoms with Crippen LogP contribution in [-0.4, -0.2) is 24.5 Å². The number of likely N-dealkylation sites (tertiary alicyclic amines) is 1. The van der Waals surface area contributed by atoms with E-state index in [1.807, 2.05) is 13.8 Å². The Labute approximate surface area is 110 Å². The Morgan fingerprint density at radius 2 is 1.65 bits per heavy atom. The minimum atomic E-state index is 0.930. The largest absolute Gasteiger partial charge is 0.303 e. The molecule has 1 atom stereocenters. The standard InChI is InChI=1S/C14H29N.C2H6/c1-4-6-13(3)7-10-15-11-8-14(5-2)9-12-15;1-2/h13-14H,4-12H2,1-3H3;1-2H3. The third kappa shape index (κ3) is 7.81. The van der Waals surface area contributed by atoms with Crippen LogP contribution in [0.25, 0.3) is 0 Å². The third-order valence-corrected chi connectivity index (χ3v) is 4.00. The highest BCUT2D eigenvalue weighted by Crippen LogP contribution is 2.21. The van der Waals surface area contributed by atoms with Crippen molar-refractivity contribution in [2.75, 3.05) is 19.6 Å². The van der Waals surface area contributed by atoms with Gasteiger partial charge in [-0.1, -0.05) is 53.9 Å². The normalized spacial score (nSPS) is 19.6. The van der Waals surface area contributed by atoms with Gasteiger partial charge in [0.25, 0.3) is 0 Å². The Balaban J connectivity index is 0.00000121. The Kier molecular flexibility index (Phi) is 11.0. The summed E-state index contributed by atoms with van der Waals surface area (Å²) in [5.74, 6) is 1.95. The SMILES string of the molecule is CC.CCCC(C)CCN1CCC(CC)CC1. The summed E-state index contributed by atoms with van der Waals surface area (Å²) in [6, 6.07) is 0. The van der Waals surface area contributed by atoms with Gasteiger partial charge in [-0.25, -0.2) is 0 Å². The summed E-state index contributed by atoms with van der Waals surface area (Å²) in [7, 11) is 0. The van der Waals surface area contributed by atoms with Gasteiger partial charge in [0, 0.05) is 0 Å². The Morgan fingerprint density at radius 3 is 2.12 bits per heavy atom. The van der Waals surface area contributed by atoms with Crippen molar-refractivity contribution in [2.45, 2.75) is 73.1 Å². The van der Waals surface area contributed by atoms with Gasteiger partial charge in [-0.3, -0.25) is 0 Å². The molecule has 1 nitrogen and oxygen atoms in total. The molecule has 1 aliphatic heterocycles. The number of piperidine rings is 1. The van der Waals surface area contributed by atoms with E-state index >= 15 is 0 Å². The van der Waals surface area contributed by atoms with Gasteiger partial charge in [0.2, 0.25) is 0 Å². The first kappa shape index (κ1) is 17.0. The van der Waals surface area contributed by atoms with Crippen LogP contribution in [0, 0.1) is 11.8 Å². The van der Waals surface area contributed by atoms with E-state index in [1.54, 1.807) is 0 Å². The Hall–Kier alpha value is -0.0400. The highest BCUT2D eigenvalue weighted by molar-refractivity contribution is 4.71. The zero-order valence-electron chi connectivity index (χ0n) is 13.0. The lowest BCUT2D eigenvalue weighted by atomic mass is 9.94. The average molecular weight is 241 g/mol. The van der Waals surface area contributed by atoms with Gasteiger partial charge in [0.15, 0.2) is 0 Å². The van der Waals surface area contributed by atoms with Crippen LogP contribution in [0.15, 0.2) is 0 Å². The number of hydrogen-bond acceptors (Lipinski definition) is 1. The molecule has 0 radical (unpaired) electrons. The van der Waals surface area contributed by atoms with Gasteiger partial charge in [-0.2, -0.15) is 0 Å². The molecule has 0 amide bonds. The third-order valence-electron chi connectivity index (χ3n) is 4.00. The van der Waals surface area contributed by atoms with Crippen molar-refractivity contribution < 1.29 is 0 Å². The van der Waals surface area contributed by atoms with Crippen molar-refractivity contribution in [3.8, 4) is 0 Å². The molecule has 1 heterocycles. The van der Waals surface area contributed by atoms with Crippen LogP contribution in [0.3, 0.4) is 0 Å². The molecule has 0 aromatic heterocycles. The molecule has 0 bridgehead atoms. The van der Waals surface area contributed by atoms with E-state index < -0.39 is 0 Å². The Morgan fingerprint density at radius 1 is 1.06 bits per heavy atom. The topological polar surface area (TPSA) is 3.24 Å². The summed E-state index contributed by atoms with van der Waals surface area (Å²) in [6.07, 6.45) is 8.44. The first-order valence-electron chi connectivity index (χ1n) is 7.98. The van der Waals surface area contributed by atoms with Gasteiger partial charge in [-0.05, 0) is 50.7 Å². The van der Waals surface area contributed by atoms with E-state index in [-0.39, 0.29) is 0 Å². The molecule has 1 unspecified atom stereocenters. The Bertz CT molecular complexity index is 148. The van der Waals surface area contributed by atoms with E-state index in [0.717, 1.165) is 11.8 Å². The fraction of sp³-hybridized carbons (Fsp3) is 1.00. The monoisotopic (exact) mass is 241 g/mol. The molecule has 0 aromatic rings. The highest BCUT2D eigenvalue weighted by atomic mass is 15.1. The summed E-state index contributed by atoms with van der Waals surface area (Å²) in [5.41, 5.74) is 0. The average Bonchev–Trinajstić information content (AvgIpc) is 2.40. The second-order valence-electron chi connectivity index (χ2n) is 5.38. The van der Waals surface area contributed by atoms with Gasteiger partial charge in [0.1, 0.15) is 0 Å². The molecule has 0 aromatic carbocycles. The van der Waals surface area contributed by atoms with E-state index in [2.05, 4.69) is 25.7 Å². The van der Waals surface area contributed by atoms with Crippen LogP contribution in [0.2, 0.25) is 0 Å². The molecule has 1 saturated heterocycles. The molecule has 0 aliphatic carbocycles. The molecule has 0 saturated carbocycles. The van der Waals surface area contributed by atoms with E-state index in [4.69, 9.17) is 0 Å². The molecular formula is C16H35N. The number of rotatable bonds is 6. The zero-order chi connectivity index (χ0) is 13.1. The first-order chi connectivity index (χ1) is 8.26. The van der Waals surface area contributed by atoms with Crippen LogP contribution < -0.4 is 0 Å². The number of hydrogen-bond donors (Lipinski definition) is 0. The summed E-state index contributed by atoms with van der Waals surface area (Å²) >= 11 is 0. The van der Waals surface area contributed by atoms with Gasteiger partial charge in [-0.15, -0.1) is 0 Å². The highest BCUT2D eigenvalue weighted by Gasteiger charge is 2.17. The van der Waals surface area contributed by atoms with Crippen molar-refractivity contribution in [3.05, 3.63) is 0 Å². The quantitative estimate of drug-likeness (QED) is 0.635. The summed E-state index contributed by atoms with van der Waals surface area (Å²) in [5, 5.41) is 0. The predicted octanol–water partition coefficient (Wildman–Crippen LogP) is 4.96. The van der Waals surface area contributed by atoms with Crippen molar-refractivity contribution in [2.24, 2.45) is 11.8 Å². The smallest absolute Gasteiger partial charge is 0.00161 e. The van der Waals surface area contributed by atoms with E-state index in [1.165, 1.54) is 58.2 Å². The van der Waals surface area contributed by atoms with Crippen LogP contribution in [0.1, 0.15) is 73.1 Å². The molecule has 1 rings (SSSR count). The van der Waals surface area contributed by atoms with Crippen molar-refractivity contribution >= 4 is 0 Å². The minimum Gasteiger partial charge on any atom is -0.303 e. The molecule has 1 aliphatic rings. The number of nitrogens with zero attached hydrogens (tertiary/aromatic N) is 1. The predicted molar refractivity (Wildman–Crippen MR) is 79.5 cm³/mol. The maximum absolute atomic E-state index is 2.68. The second-order valence-corrected chi connectivity index (χ2v) is 5.38. The molecular weight excluding hydrogens is 206 g/mol. The van der Waals surface area contributed by atoms with Crippen LogP contribution >= 0.6 is 0 Å². The van der Waals surface area contributed by atoms with Gasteiger partial charge < -0.3 is 4.90 Å². The summed E-state index contributed by atoms with van der Waals surface area (Å²) in [4.78, 5) is 2.68. The lowest BCUT2D eigenvalue weighted by Gasteiger charge is -2.32. The van der Waals surface area contributed by atoms with Gasteiger partial charge in [0.05, 0.1) is 0 Å². The fourth-order valence-corrected chi connectivity index (χ4v) is 2.66. The maximum Gasteiger partial charge on any atom is -0.00161 e. The lowest BCUT2D eigenvalue weighted by Crippen LogP contribution is -2.34. The molecule has 1 fully saturated rings. The lowest BCUT2D eigenvalue weighted by molar-refractivity contribution is 0.172. The molecule has 0 spiro atoms. The van der Waals surface area contributed by atoms with Crippen molar-refractivity contribution in [1.29, 1.82) is 0 Å². The van der Waals surface area contributed by atoms with Crippen molar-refractivity contribution in [1.82, 2.24) is 4.90 Å². The summed E-state index contributed by atoms with van der Waals surface area (Å²) < 4.78 is 0. The van der Waals surface area contributed by atoms with Crippen LogP contribution in [-0.2, 0) is 0 Å². The molecule has 104 valence electrons. The first-order valence-corrected chi connectivity index (χ1v) is 7.98. The summed E-state index contributed by atoms with van der Waals surface area (Å²) in [6.45, 7) is 15.1. The van der Waals surface area contributed by atoms with Crippen LogP contribution in [0.5, 0.6) is 0 Å². The van der Waals surface area contributed by atoms with E-state index in [0.29, 0.717) is 0 Å². The fourth-order valence-electron chi connectivity index (χ4n) is 2.66.